The van der Waals surface area contributed by atoms with E-state index in [9.17, 15) is 13.2 Å². The molecule has 0 unspecified atom stereocenters. The van der Waals surface area contributed by atoms with Crippen molar-refractivity contribution in [3.05, 3.63) is 60.2 Å². The third-order valence-electron chi connectivity index (χ3n) is 3.71. The zero-order valence-corrected chi connectivity index (χ0v) is 16.5. The second-order valence-electron chi connectivity index (χ2n) is 7.27. The molecule has 1 amide bonds. The summed E-state index contributed by atoms with van der Waals surface area (Å²) in [5, 5.41) is 2.86. The fraction of sp³-hybridized carbons (Fsp3) is 0.350. The summed E-state index contributed by atoms with van der Waals surface area (Å²) in [4.78, 5) is 12.4. The number of sulfonamides is 1. The Kier molecular flexibility index (Phi) is 6.08. The standard InChI is InChI=1S/C20H26N2O3S/c1-16-10-12-18(13-11-16)26(24,25)22(17-8-6-5-7-9-17)15-14-19(23)21-20(2,3)4/h5-13H,14-15H2,1-4H3,(H,21,23). The molecule has 6 heteroatoms. The van der Waals surface area contributed by atoms with Gasteiger partial charge in [-0.1, -0.05) is 35.9 Å². The van der Waals surface area contributed by atoms with Crippen LogP contribution in [0.3, 0.4) is 0 Å². The van der Waals surface area contributed by atoms with E-state index in [1.165, 1.54) is 4.31 Å². The van der Waals surface area contributed by atoms with Crippen LogP contribution in [0.15, 0.2) is 59.5 Å². The fourth-order valence-corrected chi connectivity index (χ4v) is 3.97. The predicted octanol–water partition coefficient (Wildman–Crippen LogP) is 3.50. The molecule has 0 bridgehead atoms. The van der Waals surface area contributed by atoms with E-state index in [0.29, 0.717) is 5.69 Å². The lowest BCUT2D eigenvalue weighted by atomic mass is 10.1. The molecule has 5 nitrogen and oxygen atoms in total. The molecule has 2 aromatic rings. The molecule has 0 saturated carbocycles. The summed E-state index contributed by atoms with van der Waals surface area (Å²) in [5.41, 5.74) is 1.17. The summed E-state index contributed by atoms with van der Waals surface area (Å²) in [6, 6.07) is 15.6. The summed E-state index contributed by atoms with van der Waals surface area (Å²) in [7, 11) is -3.76. The first-order valence-corrected chi connectivity index (χ1v) is 9.99. The van der Waals surface area contributed by atoms with Crippen molar-refractivity contribution in [3.8, 4) is 0 Å². The van der Waals surface area contributed by atoms with E-state index >= 15 is 0 Å². The Labute approximate surface area is 156 Å². The van der Waals surface area contributed by atoms with Crippen LogP contribution in [0.1, 0.15) is 32.8 Å². The van der Waals surface area contributed by atoms with Crippen LogP contribution in [0.4, 0.5) is 5.69 Å². The van der Waals surface area contributed by atoms with Crippen LogP contribution in [0.5, 0.6) is 0 Å². The molecule has 0 radical (unpaired) electrons. The molecular formula is C20H26N2O3S. The van der Waals surface area contributed by atoms with E-state index in [-0.39, 0.29) is 29.3 Å². The minimum Gasteiger partial charge on any atom is -0.351 e. The number of benzene rings is 2. The third-order valence-corrected chi connectivity index (χ3v) is 5.55. The molecule has 0 aliphatic heterocycles. The Hall–Kier alpha value is -2.34. The molecule has 0 aromatic heterocycles. The molecule has 0 saturated heterocycles. The van der Waals surface area contributed by atoms with Crippen LogP contribution in [-0.4, -0.2) is 26.4 Å². The first kappa shape index (κ1) is 20.0. The number of anilines is 1. The van der Waals surface area contributed by atoms with Crippen molar-refractivity contribution in [3.63, 3.8) is 0 Å². The Morgan fingerprint density at radius 2 is 1.58 bits per heavy atom. The Morgan fingerprint density at radius 1 is 1.00 bits per heavy atom. The molecule has 1 N–H and O–H groups in total. The highest BCUT2D eigenvalue weighted by Crippen LogP contribution is 2.24. The minimum atomic E-state index is -3.76. The monoisotopic (exact) mass is 374 g/mol. The van der Waals surface area contributed by atoms with Crippen molar-refractivity contribution >= 4 is 21.6 Å². The Morgan fingerprint density at radius 3 is 2.12 bits per heavy atom. The van der Waals surface area contributed by atoms with Crippen LogP contribution >= 0.6 is 0 Å². The molecule has 0 fully saturated rings. The van der Waals surface area contributed by atoms with Gasteiger partial charge in [-0.25, -0.2) is 8.42 Å². The number of aryl methyl sites for hydroxylation is 1. The van der Waals surface area contributed by atoms with Crippen molar-refractivity contribution in [1.82, 2.24) is 5.32 Å². The van der Waals surface area contributed by atoms with E-state index in [1.807, 2.05) is 33.8 Å². The topological polar surface area (TPSA) is 66.5 Å². The highest BCUT2D eigenvalue weighted by atomic mass is 32.2. The number of carbonyl (C=O) groups excluding carboxylic acids is 1. The highest BCUT2D eigenvalue weighted by molar-refractivity contribution is 7.92. The number of carbonyl (C=O) groups is 1. The van der Waals surface area contributed by atoms with E-state index < -0.39 is 10.0 Å². The zero-order valence-electron chi connectivity index (χ0n) is 15.7. The second kappa shape index (κ2) is 7.91. The Balaban J connectivity index is 2.30. The number of rotatable bonds is 6. The zero-order chi connectivity index (χ0) is 19.4. The van der Waals surface area contributed by atoms with E-state index in [1.54, 1.807) is 48.5 Å². The van der Waals surface area contributed by atoms with Crippen LogP contribution < -0.4 is 9.62 Å². The molecule has 0 heterocycles. The van der Waals surface area contributed by atoms with Gasteiger partial charge in [0.2, 0.25) is 5.91 Å². The number of nitrogens with zero attached hydrogens (tertiary/aromatic N) is 1. The van der Waals surface area contributed by atoms with E-state index in [0.717, 1.165) is 5.56 Å². The first-order chi connectivity index (χ1) is 12.1. The van der Waals surface area contributed by atoms with E-state index in [4.69, 9.17) is 0 Å². The summed E-state index contributed by atoms with van der Waals surface area (Å²) >= 11 is 0. The average molecular weight is 375 g/mol. The van der Waals surface area contributed by atoms with Gasteiger partial charge in [0.05, 0.1) is 10.6 Å². The Bertz CT molecular complexity index is 839. The lowest BCUT2D eigenvalue weighted by Gasteiger charge is -2.26. The molecule has 0 atom stereocenters. The van der Waals surface area contributed by atoms with Crippen LogP contribution in [0.25, 0.3) is 0 Å². The maximum Gasteiger partial charge on any atom is 0.264 e. The summed E-state index contributed by atoms with van der Waals surface area (Å²) in [6.45, 7) is 7.65. The van der Waals surface area contributed by atoms with Crippen molar-refractivity contribution in [1.29, 1.82) is 0 Å². The van der Waals surface area contributed by atoms with Crippen molar-refractivity contribution in [2.75, 3.05) is 10.8 Å². The highest BCUT2D eigenvalue weighted by Gasteiger charge is 2.26. The van der Waals surface area contributed by atoms with Crippen molar-refractivity contribution < 1.29 is 13.2 Å². The normalized spacial score (nSPS) is 11.8. The van der Waals surface area contributed by atoms with Crippen LogP contribution in [0, 0.1) is 6.92 Å². The molecule has 0 spiro atoms. The SMILES string of the molecule is Cc1ccc(S(=O)(=O)N(CCC(=O)NC(C)(C)C)c2ccccc2)cc1. The van der Waals surface area contributed by atoms with Crippen LogP contribution in [-0.2, 0) is 14.8 Å². The summed E-state index contributed by atoms with van der Waals surface area (Å²) in [5.74, 6) is -0.183. The van der Waals surface area contributed by atoms with Crippen molar-refractivity contribution in [2.45, 2.75) is 44.6 Å². The van der Waals surface area contributed by atoms with Crippen LogP contribution in [0.2, 0.25) is 0 Å². The summed E-state index contributed by atoms with van der Waals surface area (Å²) in [6.07, 6.45) is 0.0806. The minimum absolute atomic E-state index is 0.0716. The molecule has 0 aliphatic carbocycles. The van der Waals surface area contributed by atoms with Gasteiger partial charge in [0.25, 0.3) is 10.0 Å². The maximum absolute atomic E-state index is 13.1. The molecule has 26 heavy (non-hydrogen) atoms. The van der Waals surface area contributed by atoms with Crippen molar-refractivity contribution in [2.24, 2.45) is 0 Å². The van der Waals surface area contributed by atoms with Gasteiger partial charge in [-0.15, -0.1) is 0 Å². The lowest BCUT2D eigenvalue weighted by Crippen LogP contribution is -2.42. The third kappa shape index (κ3) is 5.33. The summed E-state index contributed by atoms with van der Waals surface area (Å²) < 4.78 is 27.6. The average Bonchev–Trinajstić information content (AvgIpc) is 2.54. The second-order valence-corrected chi connectivity index (χ2v) is 9.14. The predicted molar refractivity (Wildman–Crippen MR) is 105 cm³/mol. The number of hydrogen-bond donors (Lipinski definition) is 1. The lowest BCUT2D eigenvalue weighted by molar-refractivity contribution is -0.122. The largest absolute Gasteiger partial charge is 0.351 e. The van der Waals surface area contributed by atoms with Gasteiger partial charge in [-0.3, -0.25) is 9.10 Å². The quantitative estimate of drug-likeness (QED) is 0.842. The number of nitrogens with one attached hydrogen (secondary N) is 1. The molecule has 2 aromatic carbocycles. The fourth-order valence-electron chi connectivity index (χ4n) is 2.50. The molecule has 2 rings (SSSR count). The van der Waals surface area contributed by atoms with Gasteiger partial charge in [-0.2, -0.15) is 0 Å². The van der Waals surface area contributed by atoms with Gasteiger partial charge in [-0.05, 0) is 52.0 Å². The maximum atomic E-state index is 13.1. The van der Waals surface area contributed by atoms with Gasteiger partial charge < -0.3 is 5.32 Å². The molecule has 0 aliphatic rings. The van der Waals surface area contributed by atoms with E-state index in [2.05, 4.69) is 5.32 Å². The smallest absolute Gasteiger partial charge is 0.264 e. The molecule has 140 valence electrons. The first-order valence-electron chi connectivity index (χ1n) is 8.55. The van der Waals surface area contributed by atoms with Gasteiger partial charge in [0.1, 0.15) is 0 Å². The number of hydrogen-bond acceptors (Lipinski definition) is 3. The number of amides is 1. The molecular weight excluding hydrogens is 348 g/mol. The van der Waals surface area contributed by atoms with Gasteiger partial charge in [0.15, 0.2) is 0 Å². The van der Waals surface area contributed by atoms with Gasteiger partial charge >= 0.3 is 0 Å². The number of para-hydroxylation sites is 1. The van der Waals surface area contributed by atoms with Gasteiger partial charge in [0, 0.05) is 18.5 Å².